The number of hydrogen-bond acceptors (Lipinski definition) is 4. The molecule has 2 saturated carbocycles. The van der Waals surface area contributed by atoms with Crippen LogP contribution in [0.2, 0.25) is 0 Å². The SMILES string of the molecule is CCc1nc(C(NC2CC2)c2cncn2C2CC2)sc1C. The van der Waals surface area contributed by atoms with E-state index in [0.717, 1.165) is 6.42 Å². The fourth-order valence-electron chi connectivity index (χ4n) is 2.87. The molecule has 2 aliphatic carbocycles. The van der Waals surface area contributed by atoms with Gasteiger partial charge in [-0.2, -0.15) is 0 Å². The Kier molecular flexibility index (Phi) is 3.34. The second-order valence-electron chi connectivity index (χ2n) is 6.24. The molecule has 5 heteroatoms. The highest BCUT2D eigenvalue weighted by Gasteiger charge is 2.33. The molecule has 112 valence electrons. The topological polar surface area (TPSA) is 42.7 Å². The van der Waals surface area contributed by atoms with Gasteiger partial charge in [0.15, 0.2) is 0 Å². The Morgan fingerprint density at radius 2 is 2.19 bits per heavy atom. The third kappa shape index (κ3) is 2.64. The van der Waals surface area contributed by atoms with Gasteiger partial charge in [-0.1, -0.05) is 6.92 Å². The number of nitrogens with one attached hydrogen (secondary N) is 1. The van der Waals surface area contributed by atoms with Crippen molar-refractivity contribution in [3.8, 4) is 0 Å². The largest absolute Gasteiger partial charge is 0.330 e. The fraction of sp³-hybridized carbons (Fsp3) is 0.625. The van der Waals surface area contributed by atoms with E-state index in [1.54, 1.807) is 0 Å². The monoisotopic (exact) mass is 302 g/mol. The van der Waals surface area contributed by atoms with Crippen LogP contribution in [0.15, 0.2) is 12.5 Å². The summed E-state index contributed by atoms with van der Waals surface area (Å²) in [4.78, 5) is 10.7. The third-order valence-electron chi connectivity index (χ3n) is 4.40. The van der Waals surface area contributed by atoms with Gasteiger partial charge in [-0.3, -0.25) is 0 Å². The zero-order chi connectivity index (χ0) is 14.4. The number of nitrogens with zero attached hydrogens (tertiary/aromatic N) is 3. The van der Waals surface area contributed by atoms with E-state index in [2.05, 4.69) is 28.7 Å². The van der Waals surface area contributed by atoms with Gasteiger partial charge in [0, 0.05) is 17.0 Å². The van der Waals surface area contributed by atoms with Crippen molar-refractivity contribution in [2.24, 2.45) is 0 Å². The minimum atomic E-state index is 0.213. The van der Waals surface area contributed by atoms with Crippen LogP contribution < -0.4 is 5.32 Å². The normalized spacial score (nSPS) is 19.9. The lowest BCUT2D eigenvalue weighted by Gasteiger charge is -2.18. The molecule has 1 atom stereocenters. The van der Waals surface area contributed by atoms with E-state index in [-0.39, 0.29) is 6.04 Å². The van der Waals surface area contributed by atoms with E-state index < -0.39 is 0 Å². The van der Waals surface area contributed by atoms with Gasteiger partial charge >= 0.3 is 0 Å². The molecule has 0 radical (unpaired) electrons. The molecule has 4 nitrogen and oxygen atoms in total. The lowest BCUT2D eigenvalue weighted by atomic mass is 10.2. The van der Waals surface area contributed by atoms with Crippen LogP contribution in [0, 0.1) is 6.92 Å². The van der Waals surface area contributed by atoms with Crippen LogP contribution in [-0.4, -0.2) is 20.6 Å². The number of hydrogen-bond donors (Lipinski definition) is 1. The van der Waals surface area contributed by atoms with Crippen molar-refractivity contribution in [1.82, 2.24) is 19.9 Å². The van der Waals surface area contributed by atoms with Gasteiger partial charge in [0.1, 0.15) is 11.0 Å². The molecule has 0 amide bonds. The van der Waals surface area contributed by atoms with Gasteiger partial charge in [-0.05, 0) is 39.0 Å². The average Bonchev–Trinajstić information content (AvgIpc) is 3.41. The standard InChI is InChI=1S/C16H22N4S/c1-3-13-10(2)21-16(19-13)15(18-11-4-5-11)14-8-17-9-20(14)12-6-7-12/h8-9,11-12,15,18H,3-7H2,1-2H3. The van der Waals surface area contributed by atoms with Crippen LogP contribution in [0.1, 0.15) is 66.0 Å². The van der Waals surface area contributed by atoms with E-state index in [1.165, 1.54) is 47.0 Å². The van der Waals surface area contributed by atoms with Crippen molar-refractivity contribution in [2.75, 3.05) is 0 Å². The Labute approximate surface area is 129 Å². The Balaban J connectivity index is 1.70. The number of aryl methyl sites for hydroxylation is 2. The molecule has 0 aromatic carbocycles. The minimum absolute atomic E-state index is 0.213. The molecule has 2 aromatic rings. The molecule has 0 saturated heterocycles. The molecule has 21 heavy (non-hydrogen) atoms. The van der Waals surface area contributed by atoms with Gasteiger partial charge in [-0.15, -0.1) is 11.3 Å². The summed E-state index contributed by atoms with van der Waals surface area (Å²) in [6, 6.07) is 1.54. The number of aromatic nitrogens is 3. The van der Waals surface area contributed by atoms with Gasteiger partial charge in [0.25, 0.3) is 0 Å². The lowest BCUT2D eigenvalue weighted by Crippen LogP contribution is -2.26. The van der Waals surface area contributed by atoms with Crippen molar-refractivity contribution in [1.29, 1.82) is 0 Å². The van der Waals surface area contributed by atoms with Crippen LogP contribution in [0.25, 0.3) is 0 Å². The molecule has 0 aliphatic heterocycles. The summed E-state index contributed by atoms with van der Waals surface area (Å²) < 4.78 is 2.36. The Bertz CT molecular complexity index is 636. The number of rotatable bonds is 6. The Morgan fingerprint density at radius 1 is 1.38 bits per heavy atom. The van der Waals surface area contributed by atoms with Gasteiger partial charge in [-0.25, -0.2) is 9.97 Å². The summed E-state index contributed by atoms with van der Waals surface area (Å²) >= 11 is 1.84. The van der Waals surface area contributed by atoms with E-state index >= 15 is 0 Å². The number of imidazole rings is 1. The van der Waals surface area contributed by atoms with Gasteiger partial charge in [0.05, 0.1) is 23.9 Å². The molecular formula is C16H22N4S. The molecule has 0 spiro atoms. The Hall–Kier alpha value is -1.20. The molecular weight excluding hydrogens is 280 g/mol. The first-order chi connectivity index (χ1) is 10.3. The molecule has 2 heterocycles. The van der Waals surface area contributed by atoms with E-state index in [4.69, 9.17) is 4.98 Å². The summed E-state index contributed by atoms with van der Waals surface area (Å²) in [5.41, 5.74) is 2.54. The zero-order valence-electron chi connectivity index (χ0n) is 12.7. The van der Waals surface area contributed by atoms with Crippen LogP contribution in [0.4, 0.5) is 0 Å². The summed E-state index contributed by atoms with van der Waals surface area (Å²) in [7, 11) is 0. The quantitative estimate of drug-likeness (QED) is 0.889. The third-order valence-corrected chi connectivity index (χ3v) is 5.48. The average molecular weight is 302 g/mol. The number of thiazole rings is 1. The van der Waals surface area contributed by atoms with Gasteiger partial charge in [0.2, 0.25) is 0 Å². The molecule has 2 fully saturated rings. The molecule has 1 unspecified atom stereocenters. The molecule has 2 aliphatic rings. The maximum absolute atomic E-state index is 4.90. The van der Waals surface area contributed by atoms with Crippen molar-refractivity contribution in [2.45, 2.75) is 64.1 Å². The van der Waals surface area contributed by atoms with Crippen molar-refractivity contribution >= 4 is 11.3 Å². The first-order valence-corrected chi connectivity index (χ1v) is 8.82. The maximum Gasteiger partial charge on any atom is 0.116 e. The maximum atomic E-state index is 4.90. The first-order valence-electron chi connectivity index (χ1n) is 8.00. The second kappa shape index (κ2) is 5.21. The van der Waals surface area contributed by atoms with E-state index in [9.17, 15) is 0 Å². The molecule has 0 bridgehead atoms. The van der Waals surface area contributed by atoms with Crippen molar-refractivity contribution < 1.29 is 0 Å². The first kappa shape index (κ1) is 13.5. The van der Waals surface area contributed by atoms with Gasteiger partial charge < -0.3 is 9.88 Å². The second-order valence-corrected chi connectivity index (χ2v) is 7.47. The van der Waals surface area contributed by atoms with Crippen LogP contribution in [0.3, 0.4) is 0 Å². The lowest BCUT2D eigenvalue weighted by molar-refractivity contribution is 0.548. The molecule has 4 rings (SSSR count). The van der Waals surface area contributed by atoms with E-state index in [0.29, 0.717) is 12.1 Å². The van der Waals surface area contributed by atoms with Crippen LogP contribution in [-0.2, 0) is 6.42 Å². The summed E-state index contributed by atoms with van der Waals surface area (Å²) in [6.07, 6.45) is 10.2. The van der Waals surface area contributed by atoms with E-state index in [1.807, 2.05) is 23.9 Å². The van der Waals surface area contributed by atoms with Crippen LogP contribution >= 0.6 is 11.3 Å². The molecule has 2 aromatic heterocycles. The summed E-state index contributed by atoms with van der Waals surface area (Å²) in [6.45, 7) is 4.37. The minimum Gasteiger partial charge on any atom is -0.330 e. The summed E-state index contributed by atoms with van der Waals surface area (Å²) in [5.74, 6) is 0. The predicted octanol–water partition coefficient (Wildman–Crippen LogP) is 3.39. The van der Waals surface area contributed by atoms with Crippen molar-refractivity contribution in [3.63, 3.8) is 0 Å². The van der Waals surface area contributed by atoms with Crippen molar-refractivity contribution in [3.05, 3.63) is 33.8 Å². The highest BCUT2D eigenvalue weighted by Crippen LogP contribution is 2.39. The zero-order valence-corrected chi connectivity index (χ0v) is 13.5. The highest BCUT2D eigenvalue weighted by atomic mass is 32.1. The Morgan fingerprint density at radius 3 is 2.81 bits per heavy atom. The predicted molar refractivity (Wildman–Crippen MR) is 84.7 cm³/mol. The van der Waals surface area contributed by atoms with Crippen LogP contribution in [0.5, 0.6) is 0 Å². The summed E-state index contributed by atoms with van der Waals surface area (Å²) in [5, 5.41) is 4.99. The fourth-order valence-corrected chi connectivity index (χ4v) is 3.95. The highest BCUT2D eigenvalue weighted by molar-refractivity contribution is 7.11. The smallest absolute Gasteiger partial charge is 0.116 e. The molecule has 1 N–H and O–H groups in total.